The number of anilines is 1. The molecule has 4 heteroatoms. The molecule has 126 valence electrons. The second-order valence-corrected chi connectivity index (χ2v) is 7.02. The van der Waals surface area contributed by atoms with Crippen LogP contribution in [0.4, 0.5) is 5.69 Å². The Balaban J connectivity index is 1.75. The number of benzene rings is 1. The van der Waals surface area contributed by atoms with E-state index < -0.39 is 0 Å². The lowest BCUT2D eigenvalue weighted by Crippen LogP contribution is -2.50. The summed E-state index contributed by atoms with van der Waals surface area (Å²) in [6.07, 6.45) is 4.74. The second-order valence-electron chi connectivity index (χ2n) is 7.02. The first-order chi connectivity index (χ1) is 11.1. The van der Waals surface area contributed by atoms with E-state index in [1.54, 1.807) is 0 Å². The molecule has 2 heterocycles. The molecule has 0 radical (unpaired) electrons. The number of likely N-dealkylation sites (tertiary alicyclic amines) is 1. The van der Waals surface area contributed by atoms with Crippen molar-refractivity contribution in [3.05, 3.63) is 29.8 Å². The minimum atomic E-state index is -0.307. The fourth-order valence-corrected chi connectivity index (χ4v) is 4.14. The van der Waals surface area contributed by atoms with Crippen LogP contribution in [0.25, 0.3) is 0 Å². The number of aliphatic hydroxyl groups excluding tert-OH is 1. The number of nitrogens with zero attached hydrogens (tertiary/aromatic N) is 2. The van der Waals surface area contributed by atoms with Crippen molar-refractivity contribution in [1.82, 2.24) is 4.90 Å². The number of carbonyl (C=O) groups excluding carboxylic acids is 1. The van der Waals surface area contributed by atoms with E-state index in [1.807, 2.05) is 24.8 Å². The van der Waals surface area contributed by atoms with Crippen LogP contribution in [0.15, 0.2) is 24.3 Å². The minimum Gasteiger partial charge on any atom is -0.393 e. The van der Waals surface area contributed by atoms with Crippen molar-refractivity contribution in [2.24, 2.45) is 0 Å². The molecular weight excluding hydrogens is 288 g/mol. The lowest BCUT2D eigenvalue weighted by atomic mass is 10.0. The van der Waals surface area contributed by atoms with Gasteiger partial charge in [-0.05, 0) is 64.1 Å². The molecule has 1 N–H and O–H groups in total. The number of amides is 1. The summed E-state index contributed by atoms with van der Waals surface area (Å²) in [4.78, 5) is 17.4. The van der Waals surface area contributed by atoms with Gasteiger partial charge >= 0.3 is 0 Å². The van der Waals surface area contributed by atoms with Gasteiger partial charge in [0.25, 0.3) is 0 Å². The molecular formula is C19H28N2O2. The quantitative estimate of drug-likeness (QED) is 0.928. The first-order valence-electron chi connectivity index (χ1n) is 8.91. The summed E-state index contributed by atoms with van der Waals surface area (Å²) in [6.45, 7) is 5.64. The van der Waals surface area contributed by atoms with E-state index in [0.717, 1.165) is 50.9 Å². The van der Waals surface area contributed by atoms with Crippen LogP contribution in [0.3, 0.4) is 0 Å². The third kappa shape index (κ3) is 3.43. The Hall–Kier alpha value is -1.39. The van der Waals surface area contributed by atoms with Gasteiger partial charge in [-0.2, -0.15) is 0 Å². The van der Waals surface area contributed by atoms with Crippen molar-refractivity contribution < 1.29 is 9.90 Å². The third-order valence-electron chi connectivity index (χ3n) is 5.27. The average molecular weight is 316 g/mol. The van der Waals surface area contributed by atoms with Gasteiger partial charge in [-0.25, -0.2) is 0 Å². The standard InChI is InChI=1S/C19H28N2O2/c1-14(22)13-17-9-6-11-20(17)15(2)19(23)21-12-5-8-16-7-3-4-10-18(16)21/h3-4,7,10,14-15,17,22H,5-6,8-9,11-13H2,1-2H3. The molecule has 1 saturated heterocycles. The highest BCUT2D eigenvalue weighted by molar-refractivity contribution is 5.98. The molecule has 23 heavy (non-hydrogen) atoms. The molecule has 3 atom stereocenters. The first-order valence-corrected chi connectivity index (χ1v) is 8.91. The van der Waals surface area contributed by atoms with Crippen LogP contribution in [0.2, 0.25) is 0 Å². The maximum atomic E-state index is 13.1. The Labute approximate surface area is 139 Å². The molecule has 1 aromatic carbocycles. The van der Waals surface area contributed by atoms with E-state index in [-0.39, 0.29) is 18.1 Å². The van der Waals surface area contributed by atoms with Crippen molar-refractivity contribution >= 4 is 11.6 Å². The largest absolute Gasteiger partial charge is 0.393 e. The number of para-hydroxylation sites is 1. The predicted molar refractivity (Wildman–Crippen MR) is 92.6 cm³/mol. The molecule has 0 bridgehead atoms. The Kier molecular flexibility index (Phi) is 5.02. The highest BCUT2D eigenvalue weighted by atomic mass is 16.3. The maximum absolute atomic E-state index is 13.1. The van der Waals surface area contributed by atoms with Gasteiger partial charge in [0.2, 0.25) is 5.91 Å². The molecule has 3 rings (SSSR count). The molecule has 0 saturated carbocycles. The van der Waals surface area contributed by atoms with Gasteiger partial charge in [-0.1, -0.05) is 18.2 Å². The molecule has 2 aliphatic rings. The number of aryl methyl sites for hydroxylation is 1. The summed E-state index contributed by atoms with van der Waals surface area (Å²) in [5.41, 5.74) is 2.36. The summed E-state index contributed by atoms with van der Waals surface area (Å²) in [5.74, 6) is 0.203. The number of carbonyl (C=O) groups is 1. The number of aliphatic hydroxyl groups is 1. The van der Waals surface area contributed by atoms with Gasteiger partial charge in [-0.15, -0.1) is 0 Å². The summed E-state index contributed by atoms with van der Waals surface area (Å²) in [5, 5.41) is 9.71. The highest BCUT2D eigenvalue weighted by Crippen LogP contribution is 2.30. The normalized spacial score (nSPS) is 24.3. The smallest absolute Gasteiger partial charge is 0.244 e. The fraction of sp³-hybridized carbons (Fsp3) is 0.632. The number of fused-ring (bicyclic) bond motifs is 1. The third-order valence-corrected chi connectivity index (χ3v) is 5.27. The predicted octanol–water partition coefficient (Wildman–Crippen LogP) is 2.59. The van der Waals surface area contributed by atoms with Crippen LogP contribution in [0.1, 0.15) is 45.1 Å². The molecule has 2 aliphatic heterocycles. The molecule has 1 aromatic rings. The topological polar surface area (TPSA) is 43.8 Å². The SMILES string of the molecule is CC(O)CC1CCCN1C(C)C(=O)N1CCCc2ccccc21. The summed E-state index contributed by atoms with van der Waals surface area (Å²) < 4.78 is 0. The second kappa shape index (κ2) is 7.02. The fourth-order valence-electron chi connectivity index (χ4n) is 4.14. The van der Waals surface area contributed by atoms with Crippen LogP contribution in [0.5, 0.6) is 0 Å². The Morgan fingerprint density at radius 1 is 1.26 bits per heavy atom. The Morgan fingerprint density at radius 2 is 2.04 bits per heavy atom. The van der Waals surface area contributed by atoms with Crippen LogP contribution >= 0.6 is 0 Å². The van der Waals surface area contributed by atoms with E-state index in [4.69, 9.17) is 0 Å². The van der Waals surface area contributed by atoms with Crippen LogP contribution < -0.4 is 4.90 Å². The molecule has 0 aliphatic carbocycles. The first kappa shape index (κ1) is 16.5. The Morgan fingerprint density at radius 3 is 2.83 bits per heavy atom. The van der Waals surface area contributed by atoms with Crippen molar-refractivity contribution in [3.8, 4) is 0 Å². The number of hydrogen-bond donors (Lipinski definition) is 1. The van der Waals surface area contributed by atoms with Gasteiger partial charge < -0.3 is 10.0 Å². The zero-order valence-electron chi connectivity index (χ0n) is 14.2. The van der Waals surface area contributed by atoms with E-state index in [1.165, 1.54) is 5.56 Å². The summed E-state index contributed by atoms with van der Waals surface area (Å²) in [6, 6.07) is 8.47. The van der Waals surface area contributed by atoms with Crippen molar-refractivity contribution in [2.75, 3.05) is 18.0 Å². The molecule has 0 spiro atoms. The average Bonchev–Trinajstić information content (AvgIpc) is 3.00. The van der Waals surface area contributed by atoms with Gasteiger partial charge in [0.1, 0.15) is 0 Å². The molecule has 1 amide bonds. The highest BCUT2D eigenvalue weighted by Gasteiger charge is 2.35. The van der Waals surface area contributed by atoms with E-state index >= 15 is 0 Å². The summed E-state index contributed by atoms with van der Waals surface area (Å²) >= 11 is 0. The van der Waals surface area contributed by atoms with Gasteiger partial charge in [0, 0.05) is 18.3 Å². The van der Waals surface area contributed by atoms with E-state index in [0.29, 0.717) is 6.04 Å². The molecule has 1 fully saturated rings. The zero-order valence-corrected chi connectivity index (χ0v) is 14.2. The summed E-state index contributed by atoms with van der Waals surface area (Å²) in [7, 11) is 0. The zero-order chi connectivity index (χ0) is 16.4. The molecule has 0 aromatic heterocycles. The lowest BCUT2D eigenvalue weighted by Gasteiger charge is -2.36. The van der Waals surface area contributed by atoms with Crippen molar-refractivity contribution in [1.29, 1.82) is 0 Å². The van der Waals surface area contributed by atoms with E-state index in [9.17, 15) is 9.90 Å². The van der Waals surface area contributed by atoms with E-state index in [2.05, 4.69) is 23.1 Å². The van der Waals surface area contributed by atoms with Crippen molar-refractivity contribution in [3.63, 3.8) is 0 Å². The lowest BCUT2D eigenvalue weighted by molar-refractivity contribution is -0.123. The van der Waals surface area contributed by atoms with Crippen LogP contribution in [0, 0.1) is 0 Å². The van der Waals surface area contributed by atoms with Gasteiger partial charge in [0.15, 0.2) is 0 Å². The molecule has 4 nitrogen and oxygen atoms in total. The Bertz CT molecular complexity index is 558. The van der Waals surface area contributed by atoms with Crippen LogP contribution in [-0.2, 0) is 11.2 Å². The number of rotatable bonds is 4. The minimum absolute atomic E-state index is 0.118. The van der Waals surface area contributed by atoms with Crippen molar-refractivity contribution in [2.45, 2.75) is 64.1 Å². The van der Waals surface area contributed by atoms with Gasteiger partial charge in [-0.3, -0.25) is 9.69 Å². The number of hydrogen-bond acceptors (Lipinski definition) is 3. The maximum Gasteiger partial charge on any atom is 0.244 e. The molecule has 3 unspecified atom stereocenters. The monoisotopic (exact) mass is 316 g/mol. The van der Waals surface area contributed by atoms with Gasteiger partial charge in [0.05, 0.1) is 12.1 Å². The van der Waals surface area contributed by atoms with Crippen LogP contribution in [-0.4, -0.2) is 47.2 Å².